The Kier molecular flexibility index (Phi) is 6.06. The zero-order valence-electron chi connectivity index (χ0n) is 17.1. The lowest BCUT2D eigenvalue weighted by molar-refractivity contribution is -0.142. The van der Waals surface area contributed by atoms with Crippen molar-refractivity contribution in [3.8, 4) is 5.75 Å². The number of morpholine rings is 1. The number of nitrogens with zero attached hydrogens (tertiary/aromatic N) is 2. The van der Waals surface area contributed by atoms with E-state index in [-0.39, 0.29) is 22.6 Å². The molecular formula is C20H28F2N2O5S. The zero-order valence-corrected chi connectivity index (χ0v) is 17.9. The number of sulfonamides is 1. The fourth-order valence-corrected chi connectivity index (χ4v) is 5.96. The largest absolute Gasteiger partial charge is 0.435 e. The Bertz CT molecular complexity index is 837. The predicted molar refractivity (Wildman–Crippen MR) is 105 cm³/mol. The van der Waals surface area contributed by atoms with Crippen LogP contribution in [0.3, 0.4) is 0 Å². The van der Waals surface area contributed by atoms with Gasteiger partial charge in [0.05, 0.1) is 30.3 Å². The molecule has 1 aromatic rings. The molecule has 0 N–H and O–H groups in total. The minimum absolute atomic E-state index is 0.0662. The van der Waals surface area contributed by atoms with Gasteiger partial charge in [0.1, 0.15) is 5.75 Å². The Labute approximate surface area is 175 Å². The lowest BCUT2D eigenvalue weighted by atomic mass is 9.85. The van der Waals surface area contributed by atoms with Gasteiger partial charge >= 0.3 is 6.61 Å². The van der Waals surface area contributed by atoms with Gasteiger partial charge in [0.2, 0.25) is 10.0 Å². The van der Waals surface area contributed by atoms with E-state index in [9.17, 15) is 17.2 Å². The number of likely N-dealkylation sites (tertiary alicyclic amines) is 1. The van der Waals surface area contributed by atoms with Crippen LogP contribution in [-0.4, -0.2) is 82.4 Å². The van der Waals surface area contributed by atoms with E-state index in [1.165, 1.54) is 28.6 Å². The van der Waals surface area contributed by atoms with E-state index < -0.39 is 22.2 Å². The summed E-state index contributed by atoms with van der Waals surface area (Å²) in [5, 5.41) is 0. The molecule has 168 valence electrons. The van der Waals surface area contributed by atoms with Crippen LogP contribution in [0.25, 0.3) is 0 Å². The minimum atomic E-state index is -3.74. The van der Waals surface area contributed by atoms with Crippen molar-refractivity contribution >= 4 is 10.0 Å². The Morgan fingerprint density at radius 1 is 1.13 bits per heavy atom. The molecule has 0 aromatic heterocycles. The molecule has 0 unspecified atom stereocenters. The molecule has 0 amide bonds. The first-order valence-electron chi connectivity index (χ1n) is 10.2. The Morgan fingerprint density at radius 2 is 1.80 bits per heavy atom. The van der Waals surface area contributed by atoms with Gasteiger partial charge in [0, 0.05) is 38.1 Å². The third kappa shape index (κ3) is 4.62. The van der Waals surface area contributed by atoms with Crippen molar-refractivity contribution in [2.75, 3.05) is 52.5 Å². The number of benzene rings is 1. The highest BCUT2D eigenvalue weighted by atomic mass is 32.2. The smallest absolute Gasteiger partial charge is 0.387 e. The van der Waals surface area contributed by atoms with E-state index in [1.54, 1.807) is 0 Å². The van der Waals surface area contributed by atoms with Crippen molar-refractivity contribution in [3.63, 3.8) is 0 Å². The maximum atomic E-state index is 13.1. The fourth-order valence-electron chi connectivity index (χ4n) is 4.46. The summed E-state index contributed by atoms with van der Waals surface area (Å²) in [6, 6.07) is 5.11. The second-order valence-electron chi connectivity index (χ2n) is 8.80. The second-order valence-corrected chi connectivity index (χ2v) is 10.7. The molecule has 30 heavy (non-hydrogen) atoms. The summed E-state index contributed by atoms with van der Waals surface area (Å²) in [5.74, 6) is -0.0691. The van der Waals surface area contributed by atoms with Crippen molar-refractivity contribution < 1.29 is 31.4 Å². The number of ether oxygens (including phenoxy) is 3. The molecule has 10 heteroatoms. The van der Waals surface area contributed by atoms with E-state index in [4.69, 9.17) is 9.47 Å². The SMILES string of the molecule is CC1(CN2CCC3(CC2)CN(S(=O)(=O)c2ccc(OC(F)F)cc2)CCO3)COC1. The van der Waals surface area contributed by atoms with Crippen LogP contribution in [0.1, 0.15) is 19.8 Å². The highest BCUT2D eigenvalue weighted by Gasteiger charge is 2.44. The molecule has 0 atom stereocenters. The summed E-state index contributed by atoms with van der Waals surface area (Å²) in [4.78, 5) is 2.48. The zero-order chi connectivity index (χ0) is 21.4. The Balaban J connectivity index is 1.39. The van der Waals surface area contributed by atoms with Gasteiger partial charge in [0.25, 0.3) is 0 Å². The third-order valence-corrected chi connectivity index (χ3v) is 8.03. The van der Waals surface area contributed by atoms with E-state index >= 15 is 0 Å². The highest BCUT2D eigenvalue weighted by Crippen LogP contribution is 2.35. The first-order chi connectivity index (χ1) is 14.2. The van der Waals surface area contributed by atoms with Crippen LogP contribution in [0.2, 0.25) is 0 Å². The van der Waals surface area contributed by atoms with Gasteiger partial charge in [-0.25, -0.2) is 8.42 Å². The second kappa shape index (κ2) is 8.31. The number of rotatable bonds is 6. The Hall–Kier alpha value is -1.33. The number of piperidine rings is 1. The summed E-state index contributed by atoms with van der Waals surface area (Å²) < 4.78 is 68.0. The van der Waals surface area contributed by atoms with Gasteiger partial charge in [-0.05, 0) is 37.1 Å². The topological polar surface area (TPSA) is 68.3 Å². The summed E-state index contributed by atoms with van der Waals surface area (Å²) in [6.45, 7) is 4.50. The fraction of sp³-hybridized carbons (Fsp3) is 0.700. The standard InChI is InChI=1S/C20H28F2N2O5S/c1-19(14-27-15-19)12-23-8-6-20(7-9-23)13-24(10-11-28-20)30(25,26)17-4-2-16(3-5-17)29-18(21)22/h2-5,18H,6-15H2,1H3. The van der Waals surface area contributed by atoms with Crippen LogP contribution in [0.5, 0.6) is 5.75 Å². The monoisotopic (exact) mass is 446 g/mol. The number of hydrogen-bond donors (Lipinski definition) is 0. The van der Waals surface area contributed by atoms with E-state index in [0.29, 0.717) is 13.2 Å². The molecular weight excluding hydrogens is 418 g/mol. The van der Waals surface area contributed by atoms with E-state index in [0.717, 1.165) is 45.7 Å². The molecule has 3 aliphatic heterocycles. The number of alkyl halides is 2. The molecule has 3 fully saturated rings. The van der Waals surface area contributed by atoms with Gasteiger partial charge in [-0.1, -0.05) is 6.92 Å². The van der Waals surface area contributed by atoms with Gasteiger partial charge < -0.3 is 19.1 Å². The normalized spacial score (nSPS) is 24.7. The Morgan fingerprint density at radius 3 is 2.37 bits per heavy atom. The third-order valence-electron chi connectivity index (χ3n) is 6.17. The summed E-state index contributed by atoms with van der Waals surface area (Å²) in [7, 11) is -3.74. The molecule has 3 heterocycles. The quantitative estimate of drug-likeness (QED) is 0.667. The predicted octanol–water partition coefficient (Wildman–Crippen LogP) is 2.18. The molecule has 1 spiro atoms. The lowest BCUT2D eigenvalue weighted by Gasteiger charge is -2.49. The van der Waals surface area contributed by atoms with Crippen molar-refractivity contribution in [1.29, 1.82) is 0 Å². The molecule has 7 nitrogen and oxygen atoms in total. The maximum absolute atomic E-state index is 13.1. The lowest BCUT2D eigenvalue weighted by Crippen LogP contribution is -2.59. The number of hydrogen-bond acceptors (Lipinski definition) is 6. The molecule has 3 saturated heterocycles. The molecule has 0 radical (unpaired) electrons. The van der Waals surface area contributed by atoms with Crippen LogP contribution in [-0.2, 0) is 19.5 Å². The first-order valence-corrected chi connectivity index (χ1v) is 11.6. The average molecular weight is 447 g/mol. The molecule has 0 bridgehead atoms. The number of halogens is 2. The van der Waals surface area contributed by atoms with Crippen molar-refractivity contribution in [2.45, 2.75) is 36.9 Å². The highest BCUT2D eigenvalue weighted by molar-refractivity contribution is 7.89. The van der Waals surface area contributed by atoms with E-state index in [1.807, 2.05) is 0 Å². The van der Waals surface area contributed by atoms with Crippen LogP contribution >= 0.6 is 0 Å². The van der Waals surface area contributed by atoms with Crippen molar-refractivity contribution in [1.82, 2.24) is 9.21 Å². The first kappa shape index (κ1) is 21.9. The van der Waals surface area contributed by atoms with Crippen molar-refractivity contribution in [2.24, 2.45) is 5.41 Å². The molecule has 0 saturated carbocycles. The van der Waals surface area contributed by atoms with Crippen LogP contribution in [0.4, 0.5) is 8.78 Å². The molecule has 1 aromatic carbocycles. The van der Waals surface area contributed by atoms with Gasteiger partial charge in [-0.3, -0.25) is 0 Å². The molecule has 4 rings (SSSR count). The summed E-state index contributed by atoms with van der Waals surface area (Å²) in [5.41, 5.74) is -0.259. The summed E-state index contributed by atoms with van der Waals surface area (Å²) >= 11 is 0. The molecule has 3 aliphatic rings. The van der Waals surface area contributed by atoms with Crippen LogP contribution in [0.15, 0.2) is 29.2 Å². The van der Waals surface area contributed by atoms with Gasteiger partial charge in [0.15, 0.2) is 0 Å². The van der Waals surface area contributed by atoms with Crippen molar-refractivity contribution in [3.05, 3.63) is 24.3 Å². The maximum Gasteiger partial charge on any atom is 0.387 e. The van der Waals surface area contributed by atoms with Crippen LogP contribution in [0, 0.1) is 5.41 Å². The van der Waals surface area contributed by atoms with Gasteiger partial charge in [-0.15, -0.1) is 0 Å². The minimum Gasteiger partial charge on any atom is -0.435 e. The van der Waals surface area contributed by atoms with Gasteiger partial charge in [-0.2, -0.15) is 13.1 Å². The van der Waals surface area contributed by atoms with Crippen LogP contribution < -0.4 is 4.74 Å². The molecule has 0 aliphatic carbocycles. The average Bonchev–Trinajstić information content (AvgIpc) is 2.69. The van der Waals surface area contributed by atoms with E-state index in [2.05, 4.69) is 16.6 Å². The summed E-state index contributed by atoms with van der Waals surface area (Å²) in [6.07, 6.45) is 1.55.